The number of halogens is 2. The van der Waals surface area contributed by atoms with E-state index in [9.17, 15) is 0 Å². The van der Waals surface area contributed by atoms with Crippen LogP contribution in [0.5, 0.6) is 5.75 Å². The summed E-state index contributed by atoms with van der Waals surface area (Å²) in [5.74, 6) is 0.796. The number of methoxy groups -OCH3 is 1. The average molecular weight is 248 g/mol. The largest absolute Gasteiger partial charge is 2.00 e. The van der Waals surface area contributed by atoms with E-state index in [1.54, 1.807) is 19.2 Å². The first kappa shape index (κ1) is 11.6. The molecule has 0 saturated carbocycles. The van der Waals surface area contributed by atoms with E-state index < -0.39 is 0 Å². The van der Waals surface area contributed by atoms with Crippen molar-refractivity contribution in [3.8, 4) is 5.75 Å². The van der Waals surface area contributed by atoms with Crippen molar-refractivity contribution in [1.82, 2.24) is 0 Å². The zero-order chi connectivity index (χ0) is 7.56. The summed E-state index contributed by atoms with van der Waals surface area (Å²) < 4.78 is 5.87. The SMILES string of the molecule is COc1ccc(Cl)cc1Br.[H-].[H-].[Mg+2]. The molecule has 4 heteroatoms. The van der Waals surface area contributed by atoms with Crippen LogP contribution in [0, 0.1) is 0 Å². The Morgan fingerprint density at radius 1 is 1.55 bits per heavy atom. The van der Waals surface area contributed by atoms with E-state index in [1.807, 2.05) is 6.07 Å². The second-order valence-corrected chi connectivity index (χ2v) is 3.07. The zero-order valence-corrected chi connectivity index (χ0v) is 9.86. The molecule has 0 N–H and O–H groups in total. The first-order valence-electron chi connectivity index (χ1n) is 2.73. The fourth-order valence-electron chi connectivity index (χ4n) is 0.641. The van der Waals surface area contributed by atoms with Crippen molar-refractivity contribution in [2.24, 2.45) is 0 Å². The molecule has 0 saturated heterocycles. The van der Waals surface area contributed by atoms with Crippen molar-refractivity contribution in [3.05, 3.63) is 27.7 Å². The predicted octanol–water partition coefficient (Wildman–Crippen LogP) is 2.96. The molecule has 1 rings (SSSR count). The van der Waals surface area contributed by atoms with Crippen LogP contribution in [0.3, 0.4) is 0 Å². The van der Waals surface area contributed by atoms with Crippen LogP contribution in [0.15, 0.2) is 22.7 Å². The minimum Gasteiger partial charge on any atom is -1.00 e. The van der Waals surface area contributed by atoms with Gasteiger partial charge in [-0.2, -0.15) is 0 Å². The Balaban J connectivity index is -0.000000333. The van der Waals surface area contributed by atoms with Gasteiger partial charge in [0.15, 0.2) is 0 Å². The van der Waals surface area contributed by atoms with Gasteiger partial charge in [0, 0.05) is 5.02 Å². The van der Waals surface area contributed by atoms with E-state index in [1.165, 1.54) is 0 Å². The van der Waals surface area contributed by atoms with E-state index in [0.717, 1.165) is 10.2 Å². The van der Waals surface area contributed by atoms with Gasteiger partial charge in [-0.05, 0) is 34.1 Å². The molecular formula is C7H8BrClMgO. The van der Waals surface area contributed by atoms with Gasteiger partial charge in [-0.25, -0.2) is 0 Å². The van der Waals surface area contributed by atoms with Gasteiger partial charge < -0.3 is 7.59 Å². The molecule has 1 aromatic carbocycles. The molecule has 0 radical (unpaired) electrons. The van der Waals surface area contributed by atoms with Crippen molar-refractivity contribution in [2.75, 3.05) is 7.11 Å². The fraction of sp³-hybridized carbons (Fsp3) is 0.143. The van der Waals surface area contributed by atoms with Crippen LogP contribution in [0.25, 0.3) is 0 Å². The molecule has 0 bridgehead atoms. The van der Waals surface area contributed by atoms with Crippen molar-refractivity contribution in [1.29, 1.82) is 0 Å². The second-order valence-electron chi connectivity index (χ2n) is 1.78. The first-order chi connectivity index (χ1) is 4.74. The van der Waals surface area contributed by atoms with Crippen LogP contribution in [-0.2, 0) is 0 Å². The van der Waals surface area contributed by atoms with Gasteiger partial charge >= 0.3 is 23.1 Å². The van der Waals surface area contributed by atoms with Gasteiger partial charge in [0.2, 0.25) is 0 Å². The Hall–Kier alpha value is 0.556. The Bertz CT molecular complexity index is 250. The summed E-state index contributed by atoms with van der Waals surface area (Å²) >= 11 is 8.99. The summed E-state index contributed by atoms with van der Waals surface area (Å²) in [5, 5.41) is 0.702. The molecule has 0 amide bonds. The monoisotopic (exact) mass is 246 g/mol. The molecule has 0 aliphatic carbocycles. The van der Waals surface area contributed by atoms with Crippen LogP contribution in [0.2, 0.25) is 5.02 Å². The molecule has 1 aromatic rings. The molecule has 0 unspecified atom stereocenters. The third-order valence-corrected chi connectivity index (χ3v) is 1.97. The van der Waals surface area contributed by atoms with Gasteiger partial charge in [-0.3, -0.25) is 0 Å². The third kappa shape index (κ3) is 3.19. The van der Waals surface area contributed by atoms with Gasteiger partial charge in [0.1, 0.15) is 5.75 Å². The molecular weight excluding hydrogens is 240 g/mol. The molecule has 1 nitrogen and oxygen atoms in total. The molecule has 0 aromatic heterocycles. The molecule has 0 aliphatic rings. The molecule has 0 aliphatic heterocycles. The van der Waals surface area contributed by atoms with Gasteiger partial charge in [-0.1, -0.05) is 11.6 Å². The number of ether oxygens (including phenoxy) is 1. The van der Waals surface area contributed by atoms with E-state index in [4.69, 9.17) is 16.3 Å². The Kier molecular flexibility index (Phi) is 5.51. The summed E-state index contributed by atoms with van der Waals surface area (Å²) in [4.78, 5) is 0. The van der Waals surface area contributed by atoms with Gasteiger partial charge in [0.25, 0.3) is 0 Å². The van der Waals surface area contributed by atoms with E-state index >= 15 is 0 Å². The smallest absolute Gasteiger partial charge is 1.00 e. The van der Waals surface area contributed by atoms with Crippen LogP contribution in [0.4, 0.5) is 0 Å². The third-order valence-electron chi connectivity index (χ3n) is 1.11. The first-order valence-corrected chi connectivity index (χ1v) is 3.90. The van der Waals surface area contributed by atoms with E-state index in [-0.39, 0.29) is 25.9 Å². The summed E-state index contributed by atoms with van der Waals surface area (Å²) in [5.41, 5.74) is 0. The Labute approximate surface area is 98.3 Å². The maximum atomic E-state index is 5.69. The predicted molar refractivity (Wildman–Crippen MR) is 53.7 cm³/mol. The second kappa shape index (κ2) is 5.25. The molecule has 0 spiro atoms. The van der Waals surface area contributed by atoms with Crippen LogP contribution < -0.4 is 4.74 Å². The average Bonchev–Trinajstić information content (AvgIpc) is 1.88. The van der Waals surface area contributed by atoms with Crippen molar-refractivity contribution >= 4 is 50.6 Å². The minimum atomic E-state index is 0. The standard InChI is InChI=1S/C7H6BrClO.Mg.2H/c1-10-7-3-2-5(9)4-6(7)8;;;/h2-4H,1H3;;;/q;+2;2*-1. The number of hydrogen-bond donors (Lipinski definition) is 0. The van der Waals surface area contributed by atoms with Gasteiger partial charge in [-0.15, -0.1) is 0 Å². The number of rotatable bonds is 1. The zero-order valence-electron chi connectivity index (χ0n) is 8.10. The maximum Gasteiger partial charge on any atom is 2.00 e. The van der Waals surface area contributed by atoms with Crippen LogP contribution in [0.1, 0.15) is 2.85 Å². The van der Waals surface area contributed by atoms with Crippen molar-refractivity contribution in [2.45, 2.75) is 0 Å². The summed E-state index contributed by atoms with van der Waals surface area (Å²) in [7, 11) is 1.62. The Morgan fingerprint density at radius 3 is 2.64 bits per heavy atom. The topological polar surface area (TPSA) is 9.23 Å². The molecule has 58 valence electrons. The quantitative estimate of drug-likeness (QED) is 0.694. The Morgan fingerprint density at radius 2 is 2.18 bits per heavy atom. The van der Waals surface area contributed by atoms with Crippen molar-refractivity contribution < 1.29 is 7.59 Å². The summed E-state index contributed by atoms with van der Waals surface area (Å²) in [6.07, 6.45) is 0. The fourth-order valence-corrected chi connectivity index (χ4v) is 1.49. The molecule has 0 heterocycles. The van der Waals surface area contributed by atoms with E-state index in [0.29, 0.717) is 5.02 Å². The van der Waals surface area contributed by atoms with Crippen LogP contribution in [-0.4, -0.2) is 30.2 Å². The molecule has 11 heavy (non-hydrogen) atoms. The minimum absolute atomic E-state index is 0. The molecule has 0 atom stereocenters. The van der Waals surface area contributed by atoms with E-state index in [2.05, 4.69) is 15.9 Å². The summed E-state index contributed by atoms with van der Waals surface area (Å²) in [6, 6.07) is 5.39. The van der Waals surface area contributed by atoms with Gasteiger partial charge in [0.05, 0.1) is 11.6 Å². The number of benzene rings is 1. The maximum absolute atomic E-state index is 5.69. The normalized spacial score (nSPS) is 8.64. The molecule has 0 fully saturated rings. The summed E-state index contributed by atoms with van der Waals surface area (Å²) in [6.45, 7) is 0. The van der Waals surface area contributed by atoms with Crippen molar-refractivity contribution in [3.63, 3.8) is 0 Å². The van der Waals surface area contributed by atoms with Crippen LogP contribution >= 0.6 is 27.5 Å². The number of hydrogen-bond acceptors (Lipinski definition) is 1.